The topological polar surface area (TPSA) is 106 Å². The highest BCUT2D eigenvalue weighted by Crippen LogP contribution is 2.33. The zero-order valence-electron chi connectivity index (χ0n) is 20.7. The predicted molar refractivity (Wildman–Crippen MR) is 143 cm³/mol. The van der Waals surface area contributed by atoms with E-state index in [1.165, 1.54) is 6.92 Å². The normalized spacial score (nSPS) is 18.1. The fourth-order valence-electron chi connectivity index (χ4n) is 4.92. The van der Waals surface area contributed by atoms with Crippen molar-refractivity contribution in [2.45, 2.75) is 31.6 Å². The molecule has 8 nitrogen and oxygen atoms in total. The van der Waals surface area contributed by atoms with Gasteiger partial charge in [-0.25, -0.2) is 0 Å². The van der Waals surface area contributed by atoms with Gasteiger partial charge in [0, 0.05) is 43.2 Å². The maximum atomic E-state index is 13.5. The molecule has 3 amide bonds. The Morgan fingerprint density at radius 3 is 2.46 bits per heavy atom. The molecule has 0 bridgehead atoms. The number of carbonyl (C=O) groups is 3. The zero-order chi connectivity index (χ0) is 25.9. The van der Waals surface area contributed by atoms with Crippen molar-refractivity contribution in [2.24, 2.45) is 0 Å². The molecular weight excluding hydrogens is 466 g/mol. The predicted octanol–water partition coefficient (Wildman–Crippen LogP) is 3.01. The number of amides is 3. The fourth-order valence-corrected chi connectivity index (χ4v) is 4.92. The molecule has 0 fully saturated rings. The Bertz CT molecular complexity index is 1450. The molecule has 1 unspecified atom stereocenters. The van der Waals surface area contributed by atoms with Crippen molar-refractivity contribution in [3.05, 3.63) is 102 Å². The summed E-state index contributed by atoms with van der Waals surface area (Å²) in [5.74, 6) is -1.07. The first kappa shape index (κ1) is 24.3. The highest BCUT2D eigenvalue weighted by atomic mass is 16.2. The molecule has 1 aliphatic heterocycles. The molecule has 188 valence electrons. The third-order valence-corrected chi connectivity index (χ3v) is 6.73. The maximum absolute atomic E-state index is 13.5. The largest absolute Gasteiger partial charge is 0.361 e. The van der Waals surface area contributed by atoms with Crippen molar-refractivity contribution in [3.8, 4) is 0 Å². The molecule has 1 aromatic heterocycles. The van der Waals surface area contributed by atoms with Crippen molar-refractivity contribution in [1.29, 1.82) is 0 Å². The number of fused-ring (bicyclic) bond motifs is 2. The number of benzene rings is 3. The molecule has 3 aromatic carbocycles. The molecule has 4 N–H and O–H groups in total. The van der Waals surface area contributed by atoms with E-state index in [1.54, 1.807) is 11.9 Å². The van der Waals surface area contributed by atoms with Crippen LogP contribution in [0, 0.1) is 0 Å². The number of anilines is 1. The molecule has 8 heteroatoms. The molecule has 0 saturated heterocycles. The Hall–Kier alpha value is -4.43. The first-order valence-corrected chi connectivity index (χ1v) is 12.2. The number of aromatic amines is 1. The number of likely N-dealkylation sites (N-methyl/N-ethyl adjacent to an activating group) is 1. The Morgan fingerprint density at radius 1 is 0.973 bits per heavy atom. The number of nitrogens with one attached hydrogen (secondary N) is 4. The zero-order valence-corrected chi connectivity index (χ0v) is 20.7. The van der Waals surface area contributed by atoms with Gasteiger partial charge in [0.1, 0.15) is 6.04 Å². The van der Waals surface area contributed by atoms with Gasteiger partial charge < -0.3 is 20.5 Å². The van der Waals surface area contributed by atoms with E-state index < -0.39 is 18.1 Å². The quantitative estimate of drug-likeness (QED) is 0.330. The molecule has 5 rings (SSSR count). The lowest BCUT2D eigenvalue weighted by atomic mass is 9.97. The lowest BCUT2D eigenvalue weighted by Gasteiger charge is -2.26. The summed E-state index contributed by atoms with van der Waals surface area (Å²) in [6.07, 6.45) is 1.11. The van der Waals surface area contributed by atoms with Crippen LogP contribution in [0.5, 0.6) is 0 Å². The van der Waals surface area contributed by atoms with Crippen molar-refractivity contribution < 1.29 is 14.4 Å². The van der Waals surface area contributed by atoms with Gasteiger partial charge in [0.25, 0.3) is 5.91 Å². The smallest absolute Gasteiger partial charge is 0.264 e. The van der Waals surface area contributed by atoms with E-state index in [9.17, 15) is 14.4 Å². The number of hydrogen-bond donors (Lipinski definition) is 4. The van der Waals surface area contributed by atoms with E-state index >= 15 is 0 Å². The van der Waals surface area contributed by atoms with E-state index in [0.29, 0.717) is 0 Å². The van der Waals surface area contributed by atoms with E-state index in [0.717, 1.165) is 33.3 Å². The molecule has 0 aliphatic carbocycles. The van der Waals surface area contributed by atoms with Crippen molar-refractivity contribution >= 4 is 34.3 Å². The number of aromatic nitrogens is 1. The minimum atomic E-state index is -1.01. The van der Waals surface area contributed by atoms with Crippen LogP contribution in [0.1, 0.15) is 29.7 Å². The summed E-state index contributed by atoms with van der Waals surface area (Å²) in [7, 11) is 1.70. The highest BCUT2D eigenvalue weighted by Gasteiger charge is 2.35. The van der Waals surface area contributed by atoms with Crippen LogP contribution in [0.2, 0.25) is 0 Å². The van der Waals surface area contributed by atoms with Crippen LogP contribution < -0.4 is 20.9 Å². The second-order valence-electron chi connectivity index (χ2n) is 9.22. The van der Waals surface area contributed by atoms with Gasteiger partial charge in [-0.05, 0) is 28.8 Å². The minimum absolute atomic E-state index is 0.272. The number of H-pyrrole nitrogens is 1. The Balaban J connectivity index is 1.44. The number of nitrogens with zero attached hydrogens (tertiary/aromatic N) is 1. The summed E-state index contributed by atoms with van der Waals surface area (Å²) < 4.78 is 0. The van der Waals surface area contributed by atoms with Gasteiger partial charge >= 0.3 is 0 Å². The average Bonchev–Trinajstić information content (AvgIpc) is 3.28. The van der Waals surface area contributed by atoms with E-state index in [1.807, 2.05) is 85.1 Å². The molecule has 0 spiro atoms. The minimum Gasteiger partial charge on any atom is -0.361 e. The molecule has 2 heterocycles. The SMILES string of the molecule is CC(=O)N[C@@H](Cc1c[nH]c2ccccc12)C(=O)N[C@H]1NC(c2ccccc2)c2ccccc2N(C)C1=O. The van der Waals surface area contributed by atoms with Crippen LogP contribution in [-0.4, -0.2) is 42.0 Å². The lowest BCUT2D eigenvalue weighted by Crippen LogP contribution is -2.59. The van der Waals surface area contributed by atoms with Gasteiger partial charge in [0.2, 0.25) is 11.8 Å². The van der Waals surface area contributed by atoms with Gasteiger partial charge in [-0.2, -0.15) is 0 Å². The third kappa shape index (κ3) is 4.96. The summed E-state index contributed by atoms with van der Waals surface area (Å²) >= 11 is 0. The number of para-hydroxylation sites is 2. The summed E-state index contributed by atoms with van der Waals surface area (Å²) in [4.78, 5) is 43.8. The molecule has 0 saturated carbocycles. The van der Waals surface area contributed by atoms with Crippen LogP contribution in [0.15, 0.2) is 85.1 Å². The van der Waals surface area contributed by atoms with E-state index in [4.69, 9.17) is 0 Å². The second-order valence-corrected chi connectivity index (χ2v) is 9.22. The van der Waals surface area contributed by atoms with Gasteiger partial charge in [0.15, 0.2) is 6.17 Å². The molecule has 4 aromatic rings. The first-order valence-electron chi connectivity index (χ1n) is 12.2. The molecule has 0 radical (unpaired) electrons. The lowest BCUT2D eigenvalue weighted by molar-refractivity contribution is -0.131. The summed E-state index contributed by atoms with van der Waals surface area (Å²) in [6.45, 7) is 1.38. The summed E-state index contributed by atoms with van der Waals surface area (Å²) in [6, 6.07) is 24.1. The number of hydrogen-bond acceptors (Lipinski definition) is 4. The van der Waals surface area contributed by atoms with E-state index in [-0.39, 0.29) is 24.3 Å². The number of rotatable bonds is 6. The first-order chi connectivity index (χ1) is 17.9. The van der Waals surface area contributed by atoms with Gasteiger partial charge in [0.05, 0.1) is 6.04 Å². The molecular formula is C29H29N5O3. The third-order valence-electron chi connectivity index (χ3n) is 6.73. The van der Waals surface area contributed by atoms with Crippen molar-refractivity contribution in [1.82, 2.24) is 20.9 Å². The standard InChI is InChI=1S/C29H29N5O3/c1-18(35)31-24(16-20-17-30-23-14-8-6-12-21(20)23)28(36)33-27-29(37)34(2)25-15-9-7-13-22(25)26(32-27)19-10-4-3-5-11-19/h3-15,17,24,26-27,30,32H,16H2,1-2H3,(H,31,35)(H,33,36)/t24-,26?,27+/m0/s1. The molecule has 37 heavy (non-hydrogen) atoms. The van der Waals surface area contributed by atoms with Crippen LogP contribution >= 0.6 is 0 Å². The van der Waals surface area contributed by atoms with Gasteiger partial charge in [-0.15, -0.1) is 0 Å². The monoisotopic (exact) mass is 495 g/mol. The van der Waals surface area contributed by atoms with Gasteiger partial charge in [-0.3, -0.25) is 19.7 Å². The molecule has 3 atom stereocenters. The number of carbonyl (C=O) groups excluding carboxylic acids is 3. The van der Waals surface area contributed by atoms with E-state index in [2.05, 4.69) is 20.9 Å². The van der Waals surface area contributed by atoms with Crippen LogP contribution in [-0.2, 0) is 20.8 Å². The Morgan fingerprint density at radius 2 is 1.68 bits per heavy atom. The summed E-state index contributed by atoms with van der Waals surface area (Å²) in [5.41, 5.74) is 4.51. The maximum Gasteiger partial charge on any atom is 0.264 e. The van der Waals surface area contributed by atoms with Crippen LogP contribution in [0.25, 0.3) is 10.9 Å². The summed E-state index contributed by atoms with van der Waals surface area (Å²) in [5, 5.41) is 9.96. The van der Waals surface area contributed by atoms with Crippen molar-refractivity contribution in [3.63, 3.8) is 0 Å². The fraction of sp³-hybridized carbons (Fsp3) is 0.207. The van der Waals surface area contributed by atoms with Gasteiger partial charge in [-0.1, -0.05) is 66.7 Å². The van der Waals surface area contributed by atoms with Crippen LogP contribution in [0.4, 0.5) is 5.69 Å². The highest BCUT2D eigenvalue weighted by molar-refractivity contribution is 6.01. The second kappa shape index (κ2) is 10.3. The Kier molecular flexibility index (Phi) is 6.74. The van der Waals surface area contributed by atoms with Crippen LogP contribution in [0.3, 0.4) is 0 Å². The van der Waals surface area contributed by atoms with Crippen molar-refractivity contribution in [2.75, 3.05) is 11.9 Å². The average molecular weight is 496 g/mol. The molecule has 1 aliphatic rings. The Labute approximate surface area is 215 Å².